The van der Waals surface area contributed by atoms with Gasteiger partial charge in [0, 0.05) is 48.7 Å². The number of rotatable bonds is 2. The van der Waals surface area contributed by atoms with Crippen LogP contribution in [0.3, 0.4) is 0 Å². The molecular formula is C24H27N7O2. The zero-order valence-electron chi connectivity index (χ0n) is 18.8. The fraction of sp³-hybridized carbons (Fsp3) is 0.333. The minimum absolute atomic E-state index is 0.0461. The van der Waals surface area contributed by atoms with Gasteiger partial charge in [0.25, 0.3) is 0 Å². The van der Waals surface area contributed by atoms with Crippen molar-refractivity contribution in [1.29, 1.82) is 0 Å². The number of hydrogen-bond donors (Lipinski definition) is 2. The molecule has 0 saturated carbocycles. The normalized spacial score (nSPS) is 19.3. The Morgan fingerprint density at radius 1 is 1.33 bits per heavy atom. The van der Waals surface area contributed by atoms with E-state index >= 15 is 0 Å². The van der Waals surface area contributed by atoms with Crippen LogP contribution < -0.4 is 15.8 Å². The van der Waals surface area contributed by atoms with E-state index in [1.54, 1.807) is 23.0 Å². The molecule has 9 nitrogen and oxygen atoms in total. The Morgan fingerprint density at radius 2 is 2.21 bits per heavy atom. The summed E-state index contributed by atoms with van der Waals surface area (Å²) < 4.78 is 7.74. The number of benzene rings is 1. The van der Waals surface area contributed by atoms with Gasteiger partial charge in [-0.3, -0.25) is 9.79 Å². The summed E-state index contributed by atoms with van der Waals surface area (Å²) in [5, 5.41) is 7.93. The van der Waals surface area contributed by atoms with Gasteiger partial charge in [-0.1, -0.05) is 0 Å². The lowest BCUT2D eigenvalue weighted by Crippen LogP contribution is -2.40. The number of nitrogens with two attached hydrogens (primary N) is 1. The highest BCUT2D eigenvalue weighted by Crippen LogP contribution is 2.32. The van der Waals surface area contributed by atoms with Crippen molar-refractivity contribution in [2.45, 2.75) is 32.7 Å². The maximum absolute atomic E-state index is 12.4. The largest absolute Gasteiger partial charge is 0.475 e. The lowest BCUT2D eigenvalue weighted by Gasteiger charge is -2.25. The summed E-state index contributed by atoms with van der Waals surface area (Å²) in [5.41, 5.74) is 11.7. The Bertz CT molecular complexity index is 1280. The number of carbonyl (C=O) groups excluding carboxylic acids is 1. The summed E-state index contributed by atoms with van der Waals surface area (Å²) in [7, 11) is 0. The van der Waals surface area contributed by atoms with Crippen molar-refractivity contribution < 1.29 is 9.53 Å². The molecule has 1 saturated heterocycles. The minimum atomic E-state index is 0.0461. The molecule has 3 aromatic rings. The van der Waals surface area contributed by atoms with Gasteiger partial charge in [-0.25, -0.2) is 4.52 Å². The Hall–Kier alpha value is -3.88. The second-order valence-corrected chi connectivity index (χ2v) is 8.43. The molecule has 1 aromatic carbocycles. The molecule has 2 aliphatic heterocycles. The number of aromatic nitrogens is 3. The second kappa shape index (κ2) is 8.57. The molecule has 5 rings (SSSR count). The Kier molecular flexibility index (Phi) is 5.45. The zero-order chi connectivity index (χ0) is 22.9. The van der Waals surface area contributed by atoms with E-state index in [4.69, 9.17) is 20.4 Å². The molecule has 4 heterocycles. The fourth-order valence-corrected chi connectivity index (χ4v) is 4.25. The number of ether oxygens (including phenoxy) is 1. The number of nitrogens with one attached hydrogen (secondary N) is 1. The molecule has 3 N–H and O–H groups in total. The van der Waals surface area contributed by atoms with Gasteiger partial charge in [0.2, 0.25) is 11.8 Å². The molecule has 0 radical (unpaired) electrons. The standard InChI is InChI=1S/C24H27N7O2/c1-15(12-25)16(2)28-19-10-17-9-18(11-19)26-6-8-30-20(3-4-23(30)32)14-33-22-5-7-31-24(29-22)21(17)13-27-31/h5,7,9-13,20,26H,3-4,6,8,14,25H2,1-2H3. The molecular weight excluding hydrogens is 418 g/mol. The molecule has 4 bridgehead atoms. The summed E-state index contributed by atoms with van der Waals surface area (Å²) in [5.74, 6) is 0.686. The average molecular weight is 446 g/mol. The monoisotopic (exact) mass is 445 g/mol. The first-order chi connectivity index (χ1) is 16.0. The maximum Gasteiger partial charge on any atom is 0.223 e. The first-order valence-corrected chi connectivity index (χ1v) is 11.1. The van der Waals surface area contributed by atoms with Crippen LogP contribution in [0, 0.1) is 0 Å². The van der Waals surface area contributed by atoms with E-state index in [0.29, 0.717) is 37.6 Å². The van der Waals surface area contributed by atoms with Crippen LogP contribution in [-0.2, 0) is 4.79 Å². The number of fused-ring (bicyclic) bond motifs is 5. The molecule has 2 aliphatic rings. The van der Waals surface area contributed by atoms with Gasteiger partial charge in [-0.15, -0.1) is 0 Å². The summed E-state index contributed by atoms with van der Waals surface area (Å²) in [6, 6.07) is 7.91. The zero-order valence-corrected chi connectivity index (χ0v) is 18.8. The molecule has 1 fully saturated rings. The number of nitrogens with zero attached hydrogens (tertiary/aromatic N) is 5. The van der Waals surface area contributed by atoms with E-state index in [-0.39, 0.29) is 11.9 Å². The third-order valence-corrected chi connectivity index (χ3v) is 6.25. The van der Waals surface area contributed by atoms with Crippen LogP contribution in [0.25, 0.3) is 16.8 Å². The summed E-state index contributed by atoms with van der Waals surface area (Å²) >= 11 is 0. The van der Waals surface area contributed by atoms with Crippen LogP contribution in [0.5, 0.6) is 5.88 Å². The van der Waals surface area contributed by atoms with Crippen LogP contribution in [0.1, 0.15) is 26.7 Å². The smallest absolute Gasteiger partial charge is 0.223 e. The van der Waals surface area contributed by atoms with Crippen molar-refractivity contribution >= 4 is 28.6 Å². The van der Waals surface area contributed by atoms with Crippen molar-refractivity contribution in [3.8, 4) is 17.0 Å². The number of carbonyl (C=O) groups is 1. The predicted molar refractivity (Wildman–Crippen MR) is 128 cm³/mol. The second-order valence-electron chi connectivity index (χ2n) is 8.43. The lowest BCUT2D eigenvalue weighted by molar-refractivity contribution is -0.129. The molecule has 0 spiro atoms. The van der Waals surface area contributed by atoms with Crippen molar-refractivity contribution in [3.05, 3.63) is 48.4 Å². The van der Waals surface area contributed by atoms with Crippen LogP contribution in [0.4, 0.5) is 11.4 Å². The molecule has 9 heteroatoms. The highest BCUT2D eigenvalue weighted by molar-refractivity contribution is 5.99. The molecule has 1 atom stereocenters. The van der Waals surface area contributed by atoms with Gasteiger partial charge in [0.05, 0.1) is 17.9 Å². The number of amides is 1. The lowest BCUT2D eigenvalue weighted by atomic mass is 10.1. The van der Waals surface area contributed by atoms with Gasteiger partial charge in [0.15, 0.2) is 5.65 Å². The van der Waals surface area contributed by atoms with E-state index in [9.17, 15) is 4.79 Å². The van der Waals surface area contributed by atoms with Gasteiger partial charge >= 0.3 is 0 Å². The summed E-state index contributed by atoms with van der Waals surface area (Å²) in [6.45, 7) is 5.53. The average Bonchev–Trinajstić information content (AvgIpc) is 3.39. The number of hydrogen-bond acceptors (Lipinski definition) is 7. The minimum Gasteiger partial charge on any atom is -0.475 e. The Labute approximate surface area is 192 Å². The van der Waals surface area contributed by atoms with Crippen LogP contribution in [0.15, 0.2) is 53.4 Å². The van der Waals surface area contributed by atoms with Gasteiger partial charge in [0.1, 0.15) is 6.61 Å². The van der Waals surface area contributed by atoms with Crippen LogP contribution in [0.2, 0.25) is 0 Å². The Morgan fingerprint density at radius 3 is 3.06 bits per heavy atom. The highest BCUT2D eigenvalue weighted by atomic mass is 16.5. The van der Waals surface area contributed by atoms with E-state index in [1.165, 1.54) is 0 Å². The van der Waals surface area contributed by atoms with Crippen molar-refractivity contribution in [2.24, 2.45) is 10.7 Å². The van der Waals surface area contributed by atoms with Gasteiger partial charge in [-0.05, 0) is 55.8 Å². The first kappa shape index (κ1) is 21.0. The topological polar surface area (TPSA) is 110 Å². The molecule has 1 unspecified atom stereocenters. The molecule has 2 aromatic heterocycles. The number of anilines is 1. The van der Waals surface area contributed by atoms with E-state index in [1.807, 2.05) is 37.1 Å². The van der Waals surface area contributed by atoms with E-state index in [0.717, 1.165) is 40.2 Å². The van der Waals surface area contributed by atoms with Gasteiger partial charge in [-0.2, -0.15) is 10.1 Å². The molecule has 0 aliphatic carbocycles. The number of aliphatic imine (C=N–C) groups is 1. The van der Waals surface area contributed by atoms with Crippen molar-refractivity contribution in [1.82, 2.24) is 19.5 Å². The molecule has 170 valence electrons. The third-order valence-electron chi connectivity index (χ3n) is 6.25. The van der Waals surface area contributed by atoms with E-state index < -0.39 is 0 Å². The predicted octanol–water partition coefficient (Wildman–Crippen LogP) is 3.15. The maximum atomic E-state index is 12.4. The first-order valence-electron chi connectivity index (χ1n) is 11.1. The van der Waals surface area contributed by atoms with Crippen molar-refractivity contribution in [2.75, 3.05) is 25.0 Å². The fourth-order valence-electron chi connectivity index (χ4n) is 4.25. The summed E-state index contributed by atoms with van der Waals surface area (Å²) in [4.78, 5) is 23.8. The highest BCUT2D eigenvalue weighted by Gasteiger charge is 2.31. The number of allylic oxidation sites excluding steroid dienone is 1. The van der Waals surface area contributed by atoms with Crippen molar-refractivity contribution in [3.63, 3.8) is 0 Å². The molecule has 1 amide bonds. The Balaban J connectivity index is 1.62. The van der Waals surface area contributed by atoms with Crippen LogP contribution >= 0.6 is 0 Å². The van der Waals surface area contributed by atoms with Crippen LogP contribution in [-0.4, -0.2) is 56.9 Å². The third kappa shape index (κ3) is 4.13. The SMILES string of the molecule is CC(=CN)C(C)=Nc1cc2cc(c1)-c1cnn3ccc(nc13)OCC1CCC(=O)N1CCN2. The van der Waals surface area contributed by atoms with E-state index in [2.05, 4.69) is 16.5 Å². The van der Waals surface area contributed by atoms with Gasteiger partial charge < -0.3 is 20.7 Å². The summed E-state index contributed by atoms with van der Waals surface area (Å²) in [6.07, 6.45) is 6.54. The quantitative estimate of drug-likeness (QED) is 0.587. The molecule has 33 heavy (non-hydrogen) atoms.